The average molecular weight is 357 g/mol. The zero-order valence-electron chi connectivity index (χ0n) is 10.6. The number of ether oxygens (including phenoxy) is 1. The van der Waals surface area contributed by atoms with E-state index in [0.717, 1.165) is 10.0 Å². The number of aromatic nitrogens is 2. The van der Waals surface area contributed by atoms with Crippen molar-refractivity contribution in [2.45, 2.75) is 6.92 Å². The molecule has 2 N–H and O–H groups in total. The quantitative estimate of drug-likeness (QED) is 0.854. The summed E-state index contributed by atoms with van der Waals surface area (Å²) in [5, 5.41) is 0.588. The number of rotatable bonds is 3. The molecular weight excluding hydrogens is 346 g/mol. The standard InChI is InChI=1S/C13H11BrClN3O2/c1-2-20-13(19)8-6-17-12(18-11(8)16)7-3-4-10(15)9(14)5-7/h3-6H,2H2,1H3,(H2,16,17,18). The lowest BCUT2D eigenvalue weighted by molar-refractivity contribution is 0.0527. The maximum atomic E-state index is 11.6. The molecule has 2 rings (SSSR count). The van der Waals surface area contributed by atoms with Gasteiger partial charge in [-0.1, -0.05) is 11.6 Å². The van der Waals surface area contributed by atoms with Gasteiger partial charge in [-0.25, -0.2) is 14.8 Å². The third-order valence-corrected chi connectivity index (χ3v) is 3.71. The van der Waals surface area contributed by atoms with Crippen LogP contribution in [0.15, 0.2) is 28.9 Å². The van der Waals surface area contributed by atoms with Crippen LogP contribution >= 0.6 is 27.5 Å². The van der Waals surface area contributed by atoms with Crippen LogP contribution in [0.5, 0.6) is 0 Å². The first-order chi connectivity index (χ1) is 9.52. The Bertz CT molecular complexity index is 664. The van der Waals surface area contributed by atoms with Gasteiger partial charge in [0.25, 0.3) is 0 Å². The molecule has 0 aliphatic carbocycles. The molecule has 1 heterocycles. The number of carbonyl (C=O) groups excluding carboxylic acids is 1. The van der Waals surface area contributed by atoms with Crippen LogP contribution in [0.4, 0.5) is 5.82 Å². The van der Waals surface area contributed by atoms with Gasteiger partial charge in [-0.15, -0.1) is 0 Å². The van der Waals surface area contributed by atoms with Crippen LogP contribution in [0.1, 0.15) is 17.3 Å². The number of halogens is 2. The highest BCUT2D eigenvalue weighted by Crippen LogP contribution is 2.27. The summed E-state index contributed by atoms with van der Waals surface area (Å²) in [4.78, 5) is 19.9. The highest BCUT2D eigenvalue weighted by molar-refractivity contribution is 9.10. The van der Waals surface area contributed by atoms with E-state index >= 15 is 0 Å². The fraction of sp³-hybridized carbons (Fsp3) is 0.154. The number of nitrogens with zero attached hydrogens (tertiary/aromatic N) is 2. The molecule has 0 atom stereocenters. The predicted octanol–water partition coefficient (Wildman–Crippen LogP) is 3.32. The first-order valence-electron chi connectivity index (χ1n) is 5.78. The van der Waals surface area contributed by atoms with Gasteiger partial charge in [0.1, 0.15) is 11.4 Å². The molecule has 7 heteroatoms. The molecule has 20 heavy (non-hydrogen) atoms. The molecule has 104 valence electrons. The molecule has 0 saturated carbocycles. The van der Waals surface area contributed by atoms with Gasteiger partial charge in [-0.3, -0.25) is 0 Å². The van der Waals surface area contributed by atoms with Gasteiger partial charge >= 0.3 is 5.97 Å². The average Bonchev–Trinajstić information content (AvgIpc) is 2.42. The Labute approximate surface area is 129 Å². The summed E-state index contributed by atoms with van der Waals surface area (Å²) < 4.78 is 5.60. The summed E-state index contributed by atoms with van der Waals surface area (Å²) in [6.45, 7) is 1.98. The first kappa shape index (κ1) is 14.7. The number of anilines is 1. The lowest BCUT2D eigenvalue weighted by Gasteiger charge is -2.07. The van der Waals surface area contributed by atoms with E-state index < -0.39 is 5.97 Å². The summed E-state index contributed by atoms with van der Waals surface area (Å²) in [6.07, 6.45) is 1.36. The second-order valence-electron chi connectivity index (χ2n) is 3.84. The normalized spacial score (nSPS) is 10.3. The minimum atomic E-state index is -0.533. The van der Waals surface area contributed by atoms with Crippen molar-refractivity contribution in [3.63, 3.8) is 0 Å². The van der Waals surface area contributed by atoms with Crippen molar-refractivity contribution in [2.75, 3.05) is 12.3 Å². The molecular formula is C13H11BrClN3O2. The highest BCUT2D eigenvalue weighted by atomic mass is 79.9. The Hall–Kier alpha value is -1.66. The van der Waals surface area contributed by atoms with E-state index in [9.17, 15) is 4.79 Å². The largest absolute Gasteiger partial charge is 0.462 e. The van der Waals surface area contributed by atoms with E-state index in [2.05, 4.69) is 25.9 Å². The van der Waals surface area contributed by atoms with Crippen molar-refractivity contribution in [3.05, 3.63) is 39.5 Å². The Morgan fingerprint density at radius 1 is 1.50 bits per heavy atom. The third-order valence-electron chi connectivity index (χ3n) is 2.49. The number of nitrogen functional groups attached to an aromatic ring is 1. The van der Waals surface area contributed by atoms with Gasteiger partial charge in [0, 0.05) is 16.2 Å². The third kappa shape index (κ3) is 3.08. The van der Waals surface area contributed by atoms with Crippen LogP contribution in [0, 0.1) is 0 Å². The molecule has 0 radical (unpaired) electrons. The zero-order chi connectivity index (χ0) is 14.7. The molecule has 5 nitrogen and oxygen atoms in total. The number of hydrogen-bond donors (Lipinski definition) is 1. The second kappa shape index (κ2) is 6.19. The number of carbonyl (C=O) groups is 1. The topological polar surface area (TPSA) is 78.1 Å². The van der Waals surface area contributed by atoms with Gasteiger partial charge in [-0.05, 0) is 41.1 Å². The van der Waals surface area contributed by atoms with E-state index in [4.69, 9.17) is 22.1 Å². The van der Waals surface area contributed by atoms with Crippen molar-refractivity contribution in [3.8, 4) is 11.4 Å². The van der Waals surface area contributed by atoms with Crippen LogP contribution in [0.3, 0.4) is 0 Å². The second-order valence-corrected chi connectivity index (χ2v) is 5.10. The van der Waals surface area contributed by atoms with E-state index in [1.807, 2.05) is 0 Å². The summed E-state index contributed by atoms with van der Waals surface area (Å²) >= 11 is 9.25. The van der Waals surface area contributed by atoms with Gasteiger partial charge in [-0.2, -0.15) is 0 Å². The number of nitrogens with two attached hydrogens (primary N) is 1. The molecule has 0 bridgehead atoms. The Balaban J connectivity index is 2.37. The molecule has 0 unspecified atom stereocenters. The number of hydrogen-bond acceptors (Lipinski definition) is 5. The summed E-state index contributed by atoms with van der Waals surface area (Å²) in [6, 6.07) is 5.27. The lowest BCUT2D eigenvalue weighted by atomic mass is 10.2. The lowest BCUT2D eigenvalue weighted by Crippen LogP contribution is -2.10. The highest BCUT2D eigenvalue weighted by Gasteiger charge is 2.14. The van der Waals surface area contributed by atoms with Crippen LogP contribution < -0.4 is 5.73 Å². The van der Waals surface area contributed by atoms with Gasteiger partial charge in [0.05, 0.1) is 11.6 Å². The minimum absolute atomic E-state index is 0.0829. The maximum absolute atomic E-state index is 11.6. The molecule has 0 spiro atoms. The fourth-order valence-electron chi connectivity index (χ4n) is 1.54. The van der Waals surface area contributed by atoms with E-state index in [-0.39, 0.29) is 18.0 Å². The van der Waals surface area contributed by atoms with Crippen molar-refractivity contribution in [2.24, 2.45) is 0 Å². The van der Waals surface area contributed by atoms with Gasteiger partial charge < -0.3 is 10.5 Å². The zero-order valence-corrected chi connectivity index (χ0v) is 12.9. The van der Waals surface area contributed by atoms with E-state index in [1.54, 1.807) is 25.1 Å². The van der Waals surface area contributed by atoms with Crippen molar-refractivity contribution in [1.82, 2.24) is 9.97 Å². The number of esters is 1. The smallest absolute Gasteiger partial charge is 0.343 e. The molecule has 0 aliphatic rings. The minimum Gasteiger partial charge on any atom is -0.462 e. The molecule has 2 aromatic rings. The Morgan fingerprint density at radius 2 is 2.25 bits per heavy atom. The van der Waals surface area contributed by atoms with Crippen LogP contribution in [-0.2, 0) is 4.74 Å². The van der Waals surface area contributed by atoms with Crippen molar-refractivity contribution in [1.29, 1.82) is 0 Å². The monoisotopic (exact) mass is 355 g/mol. The number of benzene rings is 1. The fourth-order valence-corrected chi connectivity index (χ4v) is 2.03. The molecule has 1 aromatic heterocycles. The van der Waals surface area contributed by atoms with E-state index in [1.165, 1.54) is 6.20 Å². The van der Waals surface area contributed by atoms with Crippen LogP contribution in [0.2, 0.25) is 5.02 Å². The summed E-state index contributed by atoms with van der Waals surface area (Å²) in [7, 11) is 0. The predicted molar refractivity (Wildman–Crippen MR) is 80.5 cm³/mol. The molecule has 1 aromatic carbocycles. The van der Waals surface area contributed by atoms with Crippen molar-refractivity contribution >= 4 is 39.3 Å². The van der Waals surface area contributed by atoms with Crippen LogP contribution in [0.25, 0.3) is 11.4 Å². The molecule has 0 fully saturated rings. The maximum Gasteiger partial charge on any atom is 0.343 e. The Morgan fingerprint density at radius 3 is 2.85 bits per heavy atom. The van der Waals surface area contributed by atoms with Gasteiger partial charge in [0.2, 0.25) is 0 Å². The van der Waals surface area contributed by atoms with Gasteiger partial charge in [0.15, 0.2) is 5.82 Å². The summed E-state index contributed by atoms with van der Waals surface area (Å²) in [5.74, 6) is -0.0405. The Kier molecular flexibility index (Phi) is 4.57. The van der Waals surface area contributed by atoms with Crippen LogP contribution in [-0.4, -0.2) is 22.5 Å². The molecule has 0 amide bonds. The van der Waals surface area contributed by atoms with Crippen molar-refractivity contribution < 1.29 is 9.53 Å². The molecule has 0 saturated heterocycles. The first-order valence-corrected chi connectivity index (χ1v) is 6.95. The van der Waals surface area contributed by atoms with E-state index in [0.29, 0.717) is 10.8 Å². The molecule has 0 aliphatic heterocycles. The SMILES string of the molecule is CCOC(=O)c1cnc(-c2ccc(Cl)c(Br)c2)nc1N. The summed E-state index contributed by atoms with van der Waals surface area (Å²) in [5.41, 5.74) is 6.66.